The standard InChI is InChI=1S/C22H18N2O3S3/c1-30(26,27)18-11-12-19-20(13-18)29-22(23-19)24-21(25)16-7-9-17(10-8-16)28-14-15-5-3-2-4-6-15/h2-13H,14H2,1H3,(H,23,24,25). The number of aromatic nitrogens is 1. The quantitative estimate of drug-likeness (QED) is 0.403. The molecule has 0 atom stereocenters. The van der Waals surface area contributed by atoms with Gasteiger partial charge in [-0.3, -0.25) is 10.1 Å². The molecule has 1 N–H and O–H groups in total. The third kappa shape index (κ3) is 4.89. The van der Waals surface area contributed by atoms with Gasteiger partial charge in [0.05, 0.1) is 15.1 Å². The highest BCUT2D eigenvalue weighted by Gasteiger charge is 2.13. The number of thiazole rings is 1. The number of nitrogens with zero attached hydrogens (tertiary/aromatic N) is 1. The van der Waals surface area contributed by atoms with E-state index in [2.05, 4.69) is 22.4 Å². The maximum atomic E-state index is 12.6. The van der Waals surface area contributed by atoms with Gasteiger partial charge in [-0.2, -0.15) is 0 Å². The minimum absolute atomic E-state index is 0.236. The summed E-state index contributed by atoms with van der Waals surface area (Å²) in [5.41, 5.74) is 2.43. The van der Waals surface area contributed by atoms with E-state index < -0.39 is 9.84 Å². The number of thioether (sulfide) groups is 1. The summed E-state index contributed by atoms with van der Waals surface area (Å²) >= 11 is 2.96. The van der Waals surface area contributed by atoms with Gasteiger partial charge in [-0.1, -0.05) is 41.7 Å². The molecule has 8 heteroatoms. The van der Waals surface area contributed by atoms with E-state index in [-0.39, 0.29) is 10.8 Å². The van der Waals surface area contributed by atoms with Crippen LogP contribution in [0.1, 0.15) is 15.9 Å². The van der Waals surface area contributed by atoms with Gasteiger partial charge in [0.25, 0.3) is 5.91 Å². The first-order chi connectivity index (χ1) is 14.4. The Morgan fingerprint density at radius 3 is 2.47 bits per heavy atom. The van der Waals surface area contributed by atoms with E-state index in [0.29, 0.717) is 20.9 Å². The summed E-state index contributed by atoms with van der Waals surface area (Å²) in [6, 6.07) is 22.4. The van der Waals surface area contributed by atoms with Gasteiger partial charge < -0.3 is 0 Å². The molecule has 1 aromatic heterocycles. The molecule has 0 spiro atoms. The predicted molar refractivity (Wildman–Crippen MR) is 123 cm³/mol. The van der Waals surface area contributed by atoms with Crippen molar-refractivity contribution >= 4 is 54.2 Å². The van der Waals surface area contributed by atoms with Crippen LogP contribution in [-0.2, 0) is 15.6 Å². The van der Waals surface area contributed by atoms with E-state index in [4.69, 9.17) is 0 Å². The summed E-state index contributed by atoms with van der Waals surface area (Å²) in [5, 5.41) is 3.23. The lowest BCUT2D eigenvalue weighted by Gasteiger charge is -2.04. The second-order valence-corrected chi connectivity index (χ2v) is 10.8. The Morgan fingerprint density at radius 2 is 1.77 bits per heavy atom. The minimum Gasteiger partial charge on any atom is -0.298 e. The molecular formula is C22H18N2O3S3. The molecule has 0 unspecified atom stereocenters. The minimum atomic E-state index is -3.29. The van der Waals surface area contributed by atoms with Crippen LogP contribution in [0.25, 0.3) is 10.2 Å². The Hall–Kier alpha value is -2.68. The van der Waals surface area contributed by atoms with E-state index in [9.17, 15) is 13.2 Å². The maximum Gasteiger partial charge on any atom is 0.257 e. The molecule has 0 aliphatic carbocycles. The molecule has 30 heavy (non-hydrogen) atoms. The average Bonchev–Trinajstić information content (AvgIpc) is 3.14. The lowest BCUT2D eigenvalue weighted by Crippen LogP contribution is -2.11. The van der Waals surface area contributed by atoms with Crippen molar-refractivity contribution in [3.05, 3.63) is 83.9 Å². The van der Waals surface area contributed by atoms with Crippen LogP contribution >= 0.6 is 23.1 Å². The third-order valence-corrected chi connectivity index (χ3v) is 7.50. The van der Waals surface area contributed by atoms with Crippen molar-refractivity contribution in [2.24, 2.45) is 0 Å². The summed E-state index contributed by atoms with van der Waals surface area (Å²) in [6.07, 6.45) is 1.17. The van der Waals surface area contributed by atoms with Crippen LogP contribution in [0.5, 0.6) is 0 Å². The number of rotatable bonds is 6. The van der Waals surface area contributed by atoms with Gasteiger partial charge in [-0.05, 0) is 48.0 Å². The molecule has 0 aliphatic heterocycles. The molecule has 0 aliphatic rings. The van der Waals surface area contributed by atoms with Crippen LogP contribution in [0.15, 0.2) is 82.6 Å². The van der Waals surface area contributed by atoms with E-state index >= 15 is 0 Å². The first-order valence-electron chi connectivity index (χ1n) is 9.07. The van der Waals surface area contributed by atoms with E-state index in [1.54, 1.807) is 36.0 Å². The molecular weight excluding hydrogens is 436 g/mol. The highest BCUT2D eigenvalue weighted by atomic mass is 32.2. The number of anilines is 1. The van der Waals surface area contributed by atoms with E-state index in [1.165, 1.54) is 29.2 Å². The lowest BCUT2D eigenvalue weighted by atomic mass is 10.2. The van der Waals surface area contributed by atoms with Crippen LogP contribution in [0, 0.1) is 0 Å². The maximum absolute atomic E-state index is 12.6. The summed E-state index contributed by atoms with van der Waals surface area (Å²) in [4.78, 5) is 18.3. The van der Waals surface area contributed by atoms with Gasteiger partial charge >= 0.3 is 0 Å². The molecule has 152 valence electrons. The number of fused-ring (bicyclic) bond motifs is 1. The van der Waals surface area contributed by atoms with Crippen LogP contribution < -0.4 is 5.32 Å². The second kappa shape index (κ2) is 8.59. The van der Waals surface area contributed by atoms with Gasteiger partial charge in [0.15, 0.2) is 15.0 Å². The molecule has 0 fully saturated rings. The molecule has 0 saturated heterocycles. The normalized spacial score (nSPS) is 11.5. The lowest BCUT2D eigenvalue weighted by molar-refractivity contribution is 0.102. The average molecular weight is 455 g/mol. The van der Waals surface area contributed by atoms with Gasteiger partial charge in [-0.25, -0.2) is 13.4 Å². The Bertz CT molecular complexity index is 1300. The molecule has 0 bridgehead atoms. The summed E-state index contributed by atoms with van der Waals surface area (Å²) in [6.45, 7) is 0. The fourth-order valence-corrected chi connectivity index (χ4v) is 5.28. The van der Waals surface area contributed by atoms with Crippen molar-refractivity contribution in [1.29, 1.82) is 0 Å². The fourth-order valence-electron chi connectivity index (χ4n) is 2.80. The third-order valence-electron chi connectivity index (χ3n) is 4.37. The summed E-state index contributed by atoms with van der Waals surface area (Å²) in [5.74, 6) is 0.616. The number of carbonyl (C=O) groups is 1. The topological polar surface area (TPSA) is 76.1 Å². The van der Waals surface area contributed by atoms with Crippen molar-refractivity contribution in [2.75, 3.05) is 11.6 Å². The number of carbonyl (C=O) groups excluding carboxylic acids is 1. The number of hydrogen-bond donors (Lipinski definition) is 1. The molecule has 5 nitrogen and oxygen atoms in total. The van der Waals surface area contributed by atoms with Crippen molar-refractivity contribution < 1.29 is 13.2 Å². The number of nitrogens with one attached hydrogen (secondary N) is 1. The predicted octanol–water partition coefficient (Wildman–Crippen LogP) is 5.24. The monoisotopic (exact) mass is 454 g/mol. The van der Waals surface area contributed by atoms with Crippen LogP contribution in [-0.4, -0.2) is 25.6 Å². The Kier molecular flexibility index (Phi) is 5.90. The molecule has 3 aromatic carbocycles. The van der Waals surface area contributed by atoms with Crippen LogP contribution in [0.3, 0.4) is 0 Å². The van der Waals surface area contributed by atoms with Crippen LogP contribution in [0.2, 0.25) is 0 Å². The highest BCUT2D eigenvalue weighted by Crippen LogP contribution is 2.29. The molecule has 1 heterocycles. The van der Waals surface area contributed by atoms with Crippen molar-refractivity contribution in [3.63, 3.8) is 0 Å². The van der Waals surface area contributed by atoms with E-state index in [1.807, 2.05) is 30.3 Å². The SMILES string of the molecule is CS(=O)(=O)c1ccc2nc(NC(=O)c3ccc(SCc4ccccc4)cc3)sc2c1. The molecule has 0 saturated carbocycles. The zero-order valence-electron chi connectivity index (χ0n) is 16.0. The fraction of sp³-hybridized carbons (Fsp3) is 0.0909. The number of hydrogen-bond acceptors (Lipinski definition) is 6. The smallest absolute Gasteiger partial charge is 0.257 e. The molecule has 4 rings (SSSR count). The molecule has 4 aromatic rings. The first kappa shape index (κ1) is 20.6. The van der Waals surface area contributed by atoms with Crippen molar-refractivity contribution in [2.45, 2.75) is 15.5 Å². The van der Waals surface area contributed by atoms with Gasteiger partial charge in [-0.15, -0.1) is 11.8 Å². The number of benzene rings is 3. The zero-order valence-corrected chi connectivity index (χ0v) is 18.5. The largest absolute Gasteiger partial charge is 0.298 e. The Labute approximate surface area is 183 Å². The zero-order chi connectivity index (χ0) is 21.1. The van der Waals surface area contributed by atoms with Crippen LogP contribution in [0.4, 0.5) is 5.13 Å². The van der Waals surface area contributed by atoms with Gasteiger partial charge in [0.1, 0.15) is 0 Å². The van der Waals surface area contributed by atoms with Crippen molar-refractivity contribution in [1.82, 2.24) is 4.98 Å². The highest BCUT2D eigenvalue weighted by molar-refractivity contribution is 7.98. The van der Waals surface area contributed by atoms with E-state index in [0.717, 1.165) is 10.6 Å². The molecule has 1 amide bonds. The Balaban J connectivity index is 1.43. The van der Waals surface area contributed by atoms with Crippen molar-refractivity contribution in [3.8, 4) is 0 Å². The Morgan fingerprint density at radius 1 is 1.03 bits per heavy atom. The number of amides is 1. The summed E-state index contributed by atoms with van der Waals surface area (Å²) < 4.78 is 24.1. The molecule has 0 radical (unpaired) electrons. The number of sulfone groups is 1. The van der Waals surface area contributed by atoms with Gasteiger partial charge in [0, 0.05) is 22.5 Å². The first-order valence-corrected chi connectivity index (χ1v) is 12.8. The van der Waals surface area contributed by atoms with Gasteiger partial charge in [0.2, 0.25) is 0 Å². The summed E-state index contributed by atoms with van der Waals surface area (Å²) in [7, 11) is -3.29. The second-order valence-electron chi connectivity index (χ2n) is 6.67.